The molecule has 0 unspecified atom stereocenters. The summed E-state index contributed by atoms with van der Waals surface area (Å²) in [6.45, 7) is 0.120. The van der Waals surface area contributed by atoms with E-state index in [4.69, 9.17) is 9.15 Å². The van der Waals surface area contributed by atoms with Crippen LogP contribution in [0.2, 0.25) is 0 Å². The molecular weight excluding hydrogens is 438 g/mol. The highest BCUT2D eigenvalue weighted by Crippen LogP contribution is 2.36. The number of thioether (sulfide) groups is 1. The fraction of sp³-hybridized carbons (Fsp3) is 0.200. The zero-order chi connectivity index (χ0) is 23.4. The Labute approximate surface area is 196 Å². The van der Waals surface area contributed by atoms with Crippen LogP contribution >= 0.6 is 11.8 Å². The molecule has 33 heavy (non-hydrogen) atoms. The van der Waals surface area contributed by atoms with Gasteiger partial charge in [-0.1, -0.05) is 30.3 Å². The highest BCUT2D eigenvalue weighted by atomic mass is 32.2. The minimum absolute atomic E-state index is 0.0406. The van der Waals surface area contributed by atoms with Crippen molar-refractivity contribution in [3.8, 4) is 5.75 Å². The Balaban J connectivity index is 1.41. The fourth-order valence-electron chi connectivity index (χ4n) is 3.69. The number of methoxy groups -OCH3 is 1. The van der Waals surface area contributed by atoms with Gasteiger partial charge < -0.3 is 19.8 Å². The number of nitrogens with zero attached hydrogens (tertiary/aromatic N) is 1. The molecule has 3 aromatic carbocycles. The maximum atomic E-state index is 12.7. The van der Waals surface area contributed by atoms with Gasteiger partial charge in [-0.2, -0.15) is 0 Å². The molecule has 0 radical (unpaired) electrons. The van der Waals surface area contributed by atoms with Gasteiger partial charge in [0, 0.05) is 21.7 Å². The van der Waals surface area contributed by atoms with Crippen molar-refractivity contribution in [1.29, 1.82) is 0 Å². The van der Waals surface area contributed by atoms with Crippen molar-refractivity contribution in [2.75, 3.05) is 44.1 Å². The first-order valence-electron chi connectivity index (χ1n) is 10.4. The van der Waals surface area contributed by atoms with Crippen molar-refractivity contribution < 1.29 is 18.7 Å². The SMILES string of the molecule is COc1cc2c(cc1NC(=O)CN(C)CC(=O)Nc1ccccc1SC)oc1ccccc12. The van der Waals surface area contributed by atoms with Gasteiger partial charge in [-0.25, -0.2) is 0 Å². The van der Waals surface area contributed by atoms with Crippen molar-refractivity contribution in [3.63, 3.8) is 0 Å². The number of fused-ring (bicyclic) bond motifs is 3. The highest BCUT2D eigenvalue weighted by Gasteiger charge is 2.16. The summed E-state index contributed by atoms with van der Waals surface area (Å²) in [6, 6.07) is 19.0. The fourth-order valence-corrected chi connectivity index (χ4v) is 4.25. The van der Waals surface area contributed by atoms with Crippen LogP contribution < -0.4 is 15.4 Å². The molecule has 1 heterocycles. The molecule has 2 N–H and O–H groups in total. The van der Waals surface area contributed by atoms with Crippen molar-refractivity contribution in [1.82, 2.24) is 4.90 Å². The first-order valence-corrected chi connectivity index (χ1v) is 11.6. The Morgan fingerprint density at radius 1 is 0.909 bits per heavy atom. The number of benzene rings is 3. The number of furan rings is 1. The number of amides is 2. The van der Waals surface area contributed by atoms with E-state index in [1.54, 1.807) is 36.9 Å². The molecule has 1 aromatic heterocycles. The second-order valence-corrected chi connectivity index (χ2v) is 8.46. The van der Waals surface area contributed by atoms with E-state index < -0.39 is 0 Å². The maximum absolute atomic E-state index is 12.7. The minimum Gasteiger partial charge on any atom is -0.495 e. The Morgan fingerprint density at radius 2 is 1.58 bits per heavy atom. The smallest absolute Gasteiger partial charge is 0.238 e. The molecule has 0 atom stereocenters. The molecule has 0 aliphatic rings. The number of rotatable bonds is 8. The lowest BCUT2D eigenvalue weighted by atomic mass is 10.1. The van der Waals surface area contributed by atoms with Crippen molar-refractivity contribution >= 4 is 56.9 Å². The first-order chi connectivity index (χ1) is 16.0. The second kappa shape index (κ2) is 9.97. The standard InChI is InChI=1S/C25H25N3O4S/c1-28(14-24(29)26-18-9-5-7-11-23(18)33-3)15-25(30)27-19-13-21-17(12-22(19)31-2)16-8-4-6-10-20(16)32-21/h4-13H,14-15H2,1-3H3,(H,26,29)(H,27,30). The van der Waals surface area contributed by atoms with Gasteiger partial charge in [0.15, 0.2) is 0 Å². The third-order valence-corrected chi connectivity index (χ3v) is 5.98. The Hall–Kier alpha value is -3.49. The highest BCUT2D eigenvalue weighted by molar-refractivity contribution is 7.98. The number of hydrogen-bond acceptors (Lipinski definition) is 6. The van der Waals surface area contributed by atoms with Crippen LogP contribution in [0, 0.1) is 0 Å². The number of anilines is 2. The number of para-hydroxylation sites is 2. The molecule has 7 nitrogen and oxygen atoms in total. The molecule has 0 aliphatic carbocycles. The Morgan fingerprint density at radius 3 is 2.30 bits per heavy atom. The lowest BCUT2D eigenvalue weighted by Crippen LogP contribution is -2.36. The summed E-state index contributed by atoms with van der Waals surface area (Å²) in [5.41, 5.74) is 2.71. The average Bonchev–Trinajstić information content (AvgIpc) is 3.15. The summed E-state index contributed by atoms with van der Waals surface area (Å²) < 4.78 is 11.4. The monoisotopic (exact) mass is 463 g/mol. The van der Waals surface area contributed by atoms with Crippen molar-refractivity contribution in [3.05, 3.63) is 60.7 Å². The average molecular weight is 464 g/mol. The van der Waals surface area contributed by atoms with Crippen LogP contribution in [0.15, 0.2) is 70.0 Å². The van der Waals surface area contributed by atoms with Gasteiger partial charge in [0.1, 0.15) is 16.9 Å². The van der Waals surface area contributed by atoms with E-state index >= 15 is 0 Å². The van der Waals surface area contributed by atoms with Crippen molar-refractivity contribution in [2.45, 2.75) is 4.90 Å². The van der Waals surface area contributed by atoms with Crippen LogP contribution in [0.1, 0.15) is 0 Å². The third-order valence-electron chi connectivity index (χ3n) is 5.18. The second-order valence-electron chi connectivity index (χ2n) is 7.62. The molecule has 4 rings (SSSR count). The van der Waals surface area contributed by atoms with Crippen LogP contribution in [0.3, 0.4) is 0 Å². The van der Waals surface area contributed by atoms with Gasteiger partial charge in [0.2, 0.25) is 11.8 Å². The van der Waals surface area contributed by atoms with E-state index in [2.05, 4.69) is 10.6 Å². The topological polar surface area (TPSA) is 83.8 Å². The number of ether oxygens (including phenoxy) is 1. The number of carbonyl (C=O) groups excluding carboxylic acids is 2. The van der Waals surface area contributed by atoms with E-state index in [0.29, 0.717) is 17.0 Å². The van der Waals surface area contributed by atoms with Crippen LogP contribution in [0.25, 0.3) is 21.9 Å². The normalized spacial score (nSPS) is 11.2. The van der Waals surface area contributed by atoms with E-state index in [1.807, 2.05) is 60.9 Å². The molecular formula is C25H25N3O4S. The lowest BCUT2D eigenvalue weighted by molar-refractivity contribution is -0.119. The van der Waals surface area contributed by atoms with E-state index in [9.17, 15) is 9.59 Å². The Kier molecular flexibility index (Phi) is 6.86. The summed E-state index contributed by atoms with van der Waals surface area (Å²) in [6.07, 6.45) is 1.96. The van der Waals surface area contributed by atoms with Crippen LogP contribution in [0.4, 0.5) is 11.4 Å². The van der Waals surface area contributed by atoms with E-state index in [1.165, 1.54) is 0 Å². The van der Waals surface area contributed by atoms with Gasteiger partial charge in [-0.15, -0.1) is 11.8 Å². The summed E-state index contributed by atoms with van der Waals surface area (Å²) in [5, 5.41) is 7.67. The van der Waals surface area contributed by atoms with Gasteiger partial charge >= 0.3 is 0 Å². The summed E-state index contributed by atoms with van der Waals surface area (Å²) in [7, 11) is 3.28. The van der Waals surface area contributed by atoms with Crippen LogP contribution in [0.5, 0.6) is 5.75 Å². The van der Waals surface area contributed by atoms with Gasteiger partial charge in [0.25, 0.3) is 0 Å². The van der Waals surface area contributed by atoms with Crippen LogP contribution in [-0.2, 0) is 9.59 Å². The summed E-state index contributed by atoms with van der Waals surface area (Å²) in [5.74, 6) is 0.0909. The quantitative estimate of drug-likeness (QED) is 0.364. The number of carbonyl (C=O) groups is 2. The molecule has 8 heteroatoms. The zero-order valence-electron chi connectivity index (χ0n) is 18.7. The maximum Gasteiger partial charge on any atom is 0.238 e. The number of nitrogens with one attached hydrogen (secondary N) is 2. The molecule has 170 valence electrons. The first kappa shape index (κ1) is 22.7. The van der Waals surface area contributed by atoms with Gasteiger partial charge in [-0.05, 0) is 37.6 Å². The molecule has 2 amide bonds. The lowest BCUT2D eigenvalue weighted by Gasteiger charge is -2.17. The molecule has 0 saturated heterocycles. The molecule has 0 aliphatic heterocycles. The molecule has 0 saturated carbocycles. The van der Waals surface area contributed by atoms with Crippen LogP contribution in [-0.4, -0.2) is 50.2 Å². The largest absolute Gasteiger partial charge is 0.495 e. The van der Waals surface area contributed by atoms with Crippen molar-refractivity contribution in [2.24, 2.45) is 0 Å². The third kappa shape index (κ3) is 5.13. The molecule has 4 aromatic rings. The molecule has 0 fully saturated rings. The zero-order valence-corrected chi connectivity index (χ0v) is 19.5. The predicted molar refractivity (Wildman–Crippen MR) is 133 cm³/mol. The molecule has 0 spiro atoms. The Bertz CT molecular complexity index is 1320. The predicted octanol–water partition coefficient (Wildman–Crippen LogP) is 4.83. The molecule has 0 bridgehead atoms. The summed E-state index contributed by atoms with van der Waals surface area (Å²) >= 11 is 1.56. The number of hydrogen-bond donors (Lipinski definition) is 2. The van der Waals surface area contributed by atoms with E-state index in [-0.39, 0.29) is 24.9 Å². The number of likely N-dealkylation sites (N-methyl/N-ethyl adjacent to an activating group) is 1. The summed E-state index contributed by atoms with van der Waals surface area (Å²) in [4.78, 5) is 27.7. The van der Waals surface area contributed by atoms with Gasteiger partial charge in [-0.3, -0.25) is 14.5 Å². The minimum atomic E-state index is -0.261. The van der Waals surface area contributed by atoms with E-state index in [0.717, 1.165) is 26.9 Å². The van der Waals surface area contributed by atoms with Gasteiger partial charge in [0.05, 0.1) is 31.6 Å².